The molecule has 6 aromatic rings. The van der Waals surface area contributed by atoms with Gasteiger partial charge in [0.2, 0.25) is 0 Å². The summed E-state index contributed by atoms with van der Waals surface area (Å²) in [5, 5.41) is 0. The third kappa shape index (κ3) is 4.66. The Balaban J connectivity index is 1.45. The Bertz CT molecular complexity index is 2330. The molecule has 5 aromatic carbocycles. The topological polar surface area (TPSA) is 47.9 Å². The molecule has 7 rings (SSSR count). The lowest BCUT2D eigenvalue weighted by molar-refractivity contribution is 0.106. The van der Waals surface area contributed by atoms with E-state index >= 15 is 4.39 Å². The van der Waals surface area contributed by atoms with Crippen molar-refractivity contribution in [3.05, 3.63) is 132 Å². The van der Waals surface area contributed by atoms with E-state index in [1.807, 2.05) is 50.2 Å². The van der Waals surface area contributed by atoms with Crippen molar-refractivity contribution in [3.63, 3.8) is 0 Å². The van der Waals surface area contributed by atoms with Gasteiger partial charge in [-0.3, -0.25) is 0 Å². The zero-order chi connectivity index (χ0) is 36.7. The van der Waals surface area contributed by atoms with Crippen LogP contribution in [-0.2, 0) is 5.60 Å². The molecule has 0 spiro atoms. The highest BCUT2D eigenvalue weighted by Crippen LogP contribution is 2.46. The molecule has 0 atom stereocenters. The summed E-state index contributed by atoms with van der Waals surface area (Å²) in [5.41, 5.74) is 2.53. The van der Waals surface area contributed by atoms with Crippen LogP contribution in [0.2, 0.25) is 0 Å². The van der Waals surface area contributed by atoms with Gasteiger partial charge < -0.3 is 4.74 Å². The number of hydrogen-bond donors (Lipinski definition) is 0. The molecule has 0 unspecified atom stereocenters. The van der Waals surface area contributed by atoms with Crippen molar-refractivity contribution in [1.82, 2.24) is 15.0 Å². The van der Waals surface area contributed by atoms with Gasteiger partial charge in [0.1, 0.15) is 17.2 Å². The van der Waals surface area contributed by atoms with Crippen molar-refractivity contribution >= 4 is 0 Å². The molecule has 0 radical (unpaired) electrons. The van der Waals surface area contributed by atoms with E-state index in [0.717, 1.165) is 22.8 Å². The van der Waals surface area contributed by atoms with E-state index in [0.29, 0.717) is 16.9 Å². The van der Waals surface area contributed by atoms with Gasteiger partial charge in [-0.2, -0.15) is 0 Å². The molecule has 1 aliphatic rings. The van der Waals surface area contributed by atoms with E-state index in [1.54, 1.807) is 12.1 Å². The maximum Gasteiger partial charge on any atom is 0.164 e. The van der Waals surface area contributed by atoms with Crippen LogP contribution in [0.5, 0.6) is 5.75 Å². The highest BCUT2D eigenvalue weighted by atomic mass is 19.1. The van der Waals surface area contributed by atoms with Crippen molar-refractivity contribution < 1.29 is 22.8 Å². The molecule has 1 aliphatic heterocycles. The fraction of sp³-hybridized carbons (Fsp3) is 0.0833. The van der Waals surface area contributed by atoms with Gasteiger partial charge in [0, 0.05) is 27.8 Å². The normalized spacial score (nSPS) is 16.6. The van der Waals surface area contributed by atoms with Crippen LogP contribution < -0.4 is 4.74 Å². The van der Waals surface area contributed by atoms with Crippen molar-refractivity contribution in [1.29, 1.82) is 0 Å². The minimum absolute atomic E-state index is 0.0824. The van der Waals surface area contributed by atoms with E-state index in [-0.39, 0.29) is 11.4 Å². The van der Waals surface area contributed by atoms with Crippen LogP contribution in [0, 0.1) is 5.82 Å². The molecule has 1 aromatic heterocycles. The standard InChI is InChI=1S/C36H26FN3O/c1-36(2)31-16-10-9-15-29(31)30-18-17-25(22-32(30)41-36)26-19-27(21-28(37)20-26)35-39-33(23-11-5-3-6-12-23)38-34(40-35)24-13-7-4-8-14-24/h3-22H,1-2H3/i3D,4D,5D,6D,7D,8D,11D,12D,13D,14D. The van der Waals surface area contributed by atoms with Gasteiger partial charge in [-0.25, -0.2) is 19.3 Å². The molecule has 0 fully saturated rings. The molecular formula is C36H26FN3O. The molecule has 0 aliphatic carbocycles. The lowest BCUT2D eigenvalue weighted by Gasteiger charge is -2.35. The Morgan fingerprint density at radius 3 is 1.85 bits per heavy atom. The van der Waals surface area contributed by atoms with Crippen LogP contribution in [0.4, 0.5) is 4.39 Å². The molecule has 198 valence electrons. The summed E-state index contributed by atoms with van der Waals surface area (Å²) >= 11 is 0. The van der Waals surface area contributed by atoms with E-state index in [2.05, 4.69) is 15.0 Å². The molecule has 41 heavy (non-hydrogen) atoms. The van der Waals surface area contributed by atoms with Gasteiger partial charge in [0.15, 0.2) is 17.5 Å². The van der Waals surface area contributed by atoms with Crippen LogP contribution in [-0.4, -0.2) is 15.0 Å². The maximum atomic E-state index is 15.5. The summed E-state index contributed by atoms with van der Waals surface area (Å²) in [6.45, 7) is 3.92. The Morgan fingerprint density at radius 2 is 1.20 bits per heavy atom. The summed E-state index contributed by atoms with van der Waals surface area (Å²) in [6, 6.07) is 11.0. The number of halogens is 1. The number of benzene rings is 5. The zero-order valence-electron chi connectivity index (χ0n) is 31.9. The second kappa shape index (κ2) is 9.79. The second-order valence-electron chi connectivity index (χ2n) is 9.90. The van der Waals surface area contributed by atoms with E-state index < -0.39 is 94.6 Å². The van der Waals surface area contributed by atoms with Gasteiger partial charge in [-0.15, -0.1) is 0 Å². The lowest BCUT2D eigenvalue weighted by atomic mass is 9.85. The van der Waals surface area contributed by atoms with Crippen molar-refractivity contribution in [2.45, 2.75) is 19.4 Å². The summed E-state index contributed by atoms with van der Waals surface area (Å²) in [5.74, 6) is -1.20. The van der Waals surface area contributed by atoms with Gasteiger partial charge >= 0.3 is 0 Å². The van der Waals surface area contributed by atoms with Crippen LogP contribution in [0.15, 0.2) is 121 Å². The second-order valence-corrected chi connectivity index (χ2v) is 9.90. The molecule has 0 saturated heterocycles. The Hall–Kier alpha value is -5.16. The van der Waals surface area contributed by atoms with Gasteiger partial charge in [0.05, 0.1) is 13.7 Å². The third-order valence-electron chi connectivity index (χ3n) is 6.78. The molecule has 0 amide bonds. The largest absolute Gasteiger partial charge is 0.482 e. The first-order valence-corrected chi connectivity index (χ1v) is 12.7. The first-order chi connectivity index (χ1) is 24.1. The predicted octanol–water partition coefficient (Wildman–Crippen LogP) is 8.97. The van der Waals surface area contributed by atoms with Crippen LogP contribution in [0.1, 0.15) is 33.1 Å². The third-order valence-corrected chi connectivity index (χ3v) is 6.78. The number of fused-ring (bicyclic) bond motifs is 3. The van der Waals surface area contributed by atoms with Gasteiger partial charge in [0.25, 0.3) is 0 Å². The monoisotopic (exact) mass is 545 g/mol. The van der Waals surface area contributed by atoms with Crippen LogP contribution in [0.3, 0.4) is 0 Å². The fourth-order valence-electron chi connectivity index (χ4n) is 4.92. The van der Waals surface area contributed by atoms with Crippen molar-refractivity contribution in [2.24, 2.45) is 0 Å². The minimum atomic E-state index is -0.680. The Kier molecular flexibility index (Phi) is 3.87. The van der Waals surface area contributed by atoms with Crippen molar-refractivity contribution in [3.8, 4) is 62.2 Å². The molecular weight excluding hydrogens is 509 g/mol. The van der Waals surface area contributed by atoms with Crippen LogP contribution >= 0.6 is 0 Å². The lowest BCUT2D eigenvalue weighted by Crippen LogP contribution is -2.29. The summed E-state index contributed by atoms with van der Waals surface area (Å²) in [4.78, 5) is 13.1. The zero-order valence-corrected chi connectivity index (χ0v) is 21.9. The number of rotatable bonds is 4. The first kappa shape index (κ1) is 16.2. The number of ether oxygens (including phenoxy) is 1. The molecule has 0 bridgehead atoms. The highest BCUT2D eigenvalue weighted by Gasteiger charge is 2.32. The number of nitrogens with zero attached hydrogens (tertiary/aromatic N) is 3. The summed E-state index contributed by atoms with van der Waals surface area (Å²) in [7, 11) is 0. The Labute approximate surface area is 252 Å². The van der Waals surface area contributed by atoms with E-state index in [1.165, 1.54) is 6.07 Å². The van der Waals surface area contributed by atoms with Gasteiger partial charge in [-0.1, -0.05) is 96.8 Å². The molecule has 0 saturated carbocycles. The average molecular weight is 546 g/mol. The molecule has 5 heteroatoms. The SMILES string of the molecule is [2H]c1c([2H])c([2H])c(-c2nc(-c3cc(F)cc(-c4ccc5c(c4)OC(C)(C)c4ccccc4-5)c3)nc(-c3c([2H])c([2H])c([2H])c([2H])c3[2H])n2)c([2H])c1[2H]. The van der Waals surface area contributed by atoms with Crippen molar-refractivity contribution in [2.75, 3.05) is 0 Å². The maximum absolute atomic E-state index is 15.5. The van der Waals surface area contributed by atoms with E-state index in [4.69, 9.17) is 18.4 Å². The quantitative estimate of drug-likeness (QED) is 0.222. The minimum Gasteiger partial charge on any atom is -0.482 e. The average Bonchev–Trinajstić information content (AvgIpc) is 3.11. The smallest absolute Gasteiger partial charge is 0.164 e. The van der Waals surface area contributed by atoms with Gasteiger partial charge in [-0.05, 0) is 54.8 Å². The molecule has 0 N–H and O–H groups in total. The molecule has 4 nitrogen and oxygen atoms in total. The summed E-state index contributed by atoms with van der Waals surface area (Å²) < 4.78 is 105. The number of hydrogen-bond acceptors (Lipinski definition) is 4. The molecule has 2 heterocycles. The predicted molar refractivity (Wildman–Crippen MR) is 161 cm³/mol. The number of aromatic nitrogens is 3. The highest BCUT2D eigenvalue weighted by molar-refractivity contribution is 5.81. The first-order valence-electron chi connectivity index (χ1n) is 17.7. The summed E-state index contributed by atoms with van der Waals surface area (Å²) in [6.07, 6.45) is 0. The Morgan fingerprint density at radius 1 is 0.610 bits per heavy atom. The van der Waals surface area contributed by atoms with Crippen LogP contribution in [0.25, 0.3) is 56.4 Å². The van der Waals surface area contributed by atoms with E-state index in [9.17, 15) is 0 Å². The fourth-order valence-corrected chi connectivity index (χ4v) is 4.92.